The Kier molecular flexibility index (Phi) is 5.92. The van der Waals surface area contributed by atoms with Gasteiger partial charge in [0.05, 0.1) is 13.0 Å². The van der Waals surface area contributed by atoms with Crippen LogP contribution in [0, 0.1) is 4.78 Å². The summed E-state index contributed by atoms with van der Waals surface area (Å²) >= 11 is 0. The highest BCUT2D eigenvalue weighted by atomic mass is 32.2. The highest BCUT2D eigenvalue weighted by Gasteiger charge is 2.26. The molecule has 4 N–H and O–H groups in total. The third-order valence-corrected chi connectivity index (χ3v) is 6.44. The molecule has 0 saturated heterocycles. The number of aliphatic carboxylic acids is 1. The summed E-state index contributed by atoms with van der Waals surface area (Å²) in [5, 5.41) is 8.96. The number of aromatic nitrogens is 4. The van der Waals surface area contributed by atoms with Gasteiger partial charge in [0.2, 0.25) is 5.16 Å². The fraction of sp³-hybridized carbons (Fsp3) is 0.368. The van der Waals surface area contributed by atoms with Crippen LogP contribution >= 0.6 is 0 Å². The molecule has 0 radical (unpaired) electrons. The highest BCUT2D eigenvalue weighted by Crippen LogP contribution is 2.25. The fourth-order valence-corrected chi connectivity index (χ4v) is 4.60. The zero-order chi connectivity index (χ0) is 22.1. The molecule has 2 unspecified atom stereocenters. The molecule has 2 aromatic heterocycles. The standard InChI is InChI=1S/C19H24N6O4S/c1-3-9-30(21,29)18-22-16(20)15-17(23-18)24(11-13-7-5-4-6-8-13)19(28)25(15)12(2)10-14(26)27/h4-8,12,21H,3,9-11H2,1-2H3,(H,26,27)(H2,20,22,23). The molecule has 3 aromatic rings. The number of rotatable bonds is 8. The first kappa shape index (κ1) is 21.5. The molecule has 10 nitrogen and oxygen atoms in total. The van der Waals surface area contributed by atoms with E-state index < -0.39 is 27.4 Å². The molecule has 0 saturated carbocycles. The molecular formula is C19H24N6O4S. The first-order chi connectivity index (χ1) is 14.2. The van der Waals surface area contributed by atoms with E-state index in [-0.39, 0.29) is 40.9 Å². The van der Waals surface area contributed by atoms with Gasteiger partial charge in [-0.15, -0.1) is 0 Å². The molecule has 0 aliphatic carbocycles. The average molecular weight is 433 g/mol. The van der Waals surface area contributed by atoms with Gasteiger partial charge in [-0.05, 0) is 18.9 Å². The number of hydrogen-bond donors (Lipinski definition) is 3. The Hall–Kier alpha value is -3.21. The molecule has 0 fully saturated rings. The summed E-state index contributed by atoms with van der Waals surface area (Å²) in [5.74, 6) is -1.10. The molecule has 1 aromatic carbocycles. The Labute approximate surface area is 173 Å². The van der Waals surface area contributed by atoms with Crippen molar-refractivity contribution < 1.29 is 14.1 Å². The minimum atomic E-state index is -3.28. The van der Waals surface area contributed by atoms with Crippen molar-refractivity contribution >= 4 is 32.7 Å². The number of nitrogens with two attached hydrogens (primary N) is 1. The molecule has 2 heterocycles. The van der Waals surface area contributed by atoms with Crippen molar-refractivity contribution in [3.05, 3.63) is 46.4 Å². The van der Waals surface area contributed by atoms with E-state index in [0.717, 1.165) is 5.56 Å². The Balaban J connectivity index is 2.31. The summed E-state index contributed by atoms with van der Waals surface area (Å²) in [6.07, 6.45) is 0.202. The second kappa shape index (κ2) is 8.27. The maximum atomic E-state index is 13.2. The van der Waals surface area contributed by atoms with Crippen molar-refractivity contribution in [3.8, 4) is 0 Å². The molecule has 2 atom stereocenters. The van der Waals surface area contributed by atoms with Gasteiger partial charge < -0.3 is 10.8 Å². The summed E-state index contributed by atoms with van der Waals surface area (Å²) in [6, 6.07) is 8.49. The predicted octanol–water partition coefficient (Wildman–Crippen LogP) is 2.07. The number of nitrogen functional groups attached to an aromatic ring is 1. The van der Waals surface area contributed by atoms with E-state index in [4.69, 9.17) is 10.5 Å². The molecule has 0 aliphatic heterocycles. The number of hydrogen-bond acceptors (Lipinski definition) is 7. The Morgan fingerprint density at radius 1 is 1.30 bits per heavy atom. The van der Waals surface area contributed by atoms with E-state index in [1.165, 1.54) is 9.13 Å². The van der Waals surface area contributed by atoms with Gasteiger partial charge in [-0.2, -0.15) is 4.98 Å². The van der Waals surface area contributed by atoms with Crippen LogP contribution in [-0.2, 0) is 21.1 Å². The summed E-state index contributed by atoms with van der Waals surface area (Å²) in [6.45, 7) is 3.55. The lowest BCUT2D eigenvalue weighted by atomic mass is 10.2. The zero-order valence-electron chi connectivity index (χ0n) is 16.7. The van der Waals surface area contributed by atoms with E-state index in [9.17, 15) is 18.9 Å². The van der Waals surface area contributed by atoms with E-state index in [1.54, 1.807) is 13.8 Å². The van der Waals surface area contributed by atoms with Crippen LogP contribution in [0.5, 0.6) is 0 Å². The number of benzene rings is 1. The van der Waals surface area contributed by atoms with Crippen molar-refractivity contribution in [3.63, 3.8) is 0 Å². The van der Waals surface area contributed by atoms with E-state index in [1.807, 2.05) is 30.3 Å². The Bertz CT molecular complexity index is 1250. The molecule has 0 spiro atoms. The fourth-order valence-electron chi connectivity index (χ4n) is 3.36. The van der Waals surface area contributed by atoms with Crippen LogP contribution in [-0.4, -0.2) is 40.1 Å². The first-order valence-electron chi connectivity index (χ1n) is 9.46. The number of imidazole rings is 1. The number of carbonyl (C=O) groups is 1. The third kappa shape index (κ3) is 4.06. The highest BCUT2D eigenvalue weighted by molar-refractivity contribution is 7.92. The van der Waals surface area contributed by atoms with Gasteiger partial charge in [0, 0.05) is 11.8 Å². The average Bonchev–Trinajstić information content (AvgIpc) is 2.95. The van der Waals surface area contributed by atoms with Gasteiger partial charge in [0.15, 0.2) is 11.5 Å². The van der Waals surface area contributed by atoms with Crippen LogP contribution in [0.2, 0.25) is 0 Å². The van der Waals surface area contributed by atoms with Crippen LogP contribution in [0.3, 0.4) is 0 Å². The van der Waals surface area contributed by atoms with Crippen LogP contribution in [0.25, 0.3) is 11.2 Å². The van der Waals surface area contributed by atoms with E-state index in [2.05, 4.69) is 9.97 Å². The number of nitrogens with zero attached hydrogens (tertiary/aromatic N) is 4. The van der Waals surface area contributed by atoms with Gasteiger partial charge in [-0.3, -0.25) is 13.9 Å². The van der Waals surface area contributed by atoms with Crippen molar-refractivity contribution in [2.24, 2.45) is 0 Å². The normalized spacial score (nSPS) is 14.5. The summed E-state index contributed by atoms with van der Waals surface area (Å²) in [7, 11) is -3.28. The predicted molar refractivity (Wildman–Crippen MR) is 113 cm³/mol. The number of carboxylic acid groups (broad SMARTS) is 1. The molecule has 0 aliphatic rings. The first-order valence-corrected chi connectivity index (χ1v) is 11.2. The van der Waals surface area contributed by atoms with E-state index in [0.29, 0.717) is 6.42 Å². The Morgan fingerprint density at radius 3 is 2.57 bits per heavy atom. The summed E-state index contributed by atoms with van der Waals surface area (Å²) in [5.41, 5.74) is 6.76. The molecule has 3 rings (SSSR count). The lowest BCUT2D eigenvalue weighted by Crippen LogP contribution is -2.28. The second-order valence-electron chi connectivity index (χ2n) is 7.11. The van der Waals surface area contributed by atoms with Gasteiger partial charge >= 0.3 is 11.7 Å². The molecule has 11 heteroatoms. The number of carboxylic acids is 1. The van der Waals surface area contributed by atoms with Gasteiger partial charge in [-0.25, -0.2) is 18.8 Å². The minimum Gasteiger partial charge on any atom is -0.481 e. The van der Waals surface area contributed by atoms with Crippen LogP contribution in [0.4, 0.5) is 5.82 Å². The lowest BCUT2D eigenvalue weighted by Gasteiger charge is -2.12. The molecule has 0 bridgehead atoms. The van der Waals surface area contributed by atoms with Crippen LogP contribution < -0.4 is 11.4 Å². The SMILES string of the molecule is CCCS(=N)(=O)c1nc(N)c2c(n1)n(Cc1ccccc1)c(=O)n2C(C)CC(=O)O. The molecular weight excluding hydrogens is 408 g/mol. The number of nitrogens with one attached hydrogen (secondary N) is 1. The second-order valence-corrected chi connectivity index (χ2v) is 9.24. The maximum absolute atomic E-state index is 13.2. The zero-order valence-corrected chi connectivity index (χ0v) is 17.6. The van der Waals surface area contributed by atoms with Crippen molar-refractivity contribution in [1.29, 1.82) is 4.78 Å². The van der Waals surface area contributed by atoms with Gasteiger partial charge in [0.25, 0.3) is 0 Å². The van der Waals surface area contributed by atoms with E-state index >= 15 is 0 Å². The van der Waals surface area contributed by atoms with Gasteiger partial charge in [-0.1, -0.05) is 37.3 Å². The maximum Gasteiger partial charge on any atom is 0.331 e. The quantitative estimate of drug-likeness (QED) is 0.460. The lowest BCUT2D eigenvalue weighted by molar-refractivity contribution is -0.137. The van der Waals surface area contributed by atoms with Gasteiger partial charge in [0.1, 0.15) is 15.2 Å². The monoisotopic (exact) mass is 432 g/mol. The largest absolute Gasteiger partial charge is 0.481 e. The van der Waals surface area contributed by atoms with Crippen LogP contribution in [0.1, 0.15) is 38.3 Å². The third-order valence-electron chi connectivity index (χ3n) is 4.69. The van der Waals surface area contributed by atoms with Crippen molar-refractivity contribution in [1.82, 2.24) is 19.1 Å². The number of anilines is 1. The topological polar surface area (TPSA) is 157 Å². The van der Waals surface area contributed by atoms with Crippen LogP contribution in [0.15, 0.2) is 40.3 Å². The van der Waals surface area contributed by atoms with Crippen molar-refractivity contribution in [2.45, 2.75) is 44.4 Å². The summed E-state index contributed by atoms with van der Waals surface area (Å²) in [4.78, 5) is 32.8. The minimum absolute atomic E-state index is 0.0665. The Morgan fingerprint density at radius 2 is 1.97 bits per heavy atom. The smallest absolute Gasteiger partial charge is 0.331 e. The summed E-state index contributed by atoms with van der Waals surface area (Å²) < 4.78 is 23.5. The molecule has 30 heavy (non-hydrogen) atoms. The molecule has 160 valence electrons. The number of fused-ring (bicyclic) bond motifs is 1. The van der Waals surface area contributed by atoms with Crippen molar-refractivity contribution in [2.75, 3.05) is 11.5 Å². The molecule has 0 amide bonds.